The first-order valence-electron chi connectivity index (χ1n) is 7.75. The predicted octanol–water partition coefficient (Wildman–Crippen LogP) is 4.01. The van der Waals surface area contributed by atoms with E-state index in [4.69, 9.17) is 37.8 Å². The predicted molar refractivity (Wildman–Crippen MR) is 105 cm³/mol. The molecule has 2 aromatic rings. The number of para-hydroxylation sites is 1. The second-order valence-electron chi connectivity index (χ2n) is 5.31. The van der Waals surface area contributed by atoms with Crippen molar-refractivity contribution in [2.24, 2.45) is 0 Å². The van der Waals surface area contributed by atoms with Gasteiger partial charge in [0.15, 0.2) is 18.1 Å². The maximum atomic E-state index is 12.4. The molecule has 0 radical (unpaired) electrons. The van der Waals surface area contributed by atoms with Crippen molar-refractivity contribution in [3.05, 3.63) is 57.6 Å². The number of benzene rings is 2. The number of rotatable bonds is 7. The molecule has 9 heteroatoms. The summed E-state index contributed by atoms with van der Waals surface area (Å²) in [4.78, 5) is 23.0. The van der Waals surface area contributed by atoms with Gasteiger partial charge < -0.3 is 19.9 Å². The summed E-state index contributed by atoms with van der Waals surface area (Å²) >= 11 is 12.0. The monoisotopic (exact) mass is 420 g/mol. The normalized spacial score (nSPS) is 10.7. The lowest BCUT2D eigenvalue weighted by Crippen LogP contribution is -2.14. The molecule has 28 heavy (non-hydrogen) atoms. The van der Waals surface area contributed by atoms with E-state index >= 15 is 0 Å². The SMILES string of the molecule is COc1cc(/C=C(\C#N)C(=O)Nc2c(Cl)cccc2Cl)ccc1OCC(=O)O. The molecule has 2 N–H and O–H groups in total. The summed E-state index contributed by atoms with van der Waals surface area (Å²) in [5.41, 5.74) is 0.473. The zero-order valence-corrected chi connectivity index (χ0v) is 16.0. The van der Waals surface area contributed by atoms with Crippen LogP contribution in [0.5, 0.6) is 11.5 Å². The molecular weight excluding hydrogens is 407 g/mol. The van der Waals surface area contributed by atoms with Crippen molar-refractivity contribution in [2.45, 2.75) is 0 Å². The van der Waals surface area contributed by atoms with E-state index < -0.39 is 18.5 Å². The maximum absolute atomic E-state index is 12.4. The molecule has 0 aliphatic heterocycles. The number of hydrogen-bond donors (Lipinski definition) is 2. The molecule has 0 fully saturated rings. The standard InChI is InChI=1S/C19H14Cl2N2O5/c1-27-16-8-11(5-6-15(16)28-10-17(24)25)7-12(9-22)19(26)23-18-13(20)3-2-4-14(18)21/h2-8H,10H2,1H3,(H,23,26)(H,24,25)/b12-7+. The number of carbonyl (C=O) groups is 2. The van der Waals surface area contributed by atoms with Gasteiger partial charge in [-0.15, -0.1) is 0 Å². The highest BCUT2D eigenvalue weighted by atomic mass is 35.5. The van der Waals surface area contributed by atoms with Crippen LogP contribution in [0.1, 0.15) is 5.56 Å². The highest BCUT2D eigenvalue weighted by Gasteiger charge is 2.14. The van der Waals surface area contributed by atoms with Crippen LogP contribution in [-0.4, -0.2) is 30.7 Å². The fourth-order valence-electron chi connectivity index (χ4n) is 2.15. The van der Waals surface area contributed by atoms with E-state index in [0.29, 0.717) is 5.56 Å². The van der Waals surface area contributed by atoms with Crippen molar-refractivity contribution in [3.63, 3.8) is 0 Å². The van der Waals surface area contributed by atoms with E-state index in [1.165, 1.54) is 25.3 Å². The summed E-state index contributed by atoms with van der Waals surface area (Å²) in [5.74, 6) is -1.36. The number of nitriles is 1. The summed E-state index contributed by atoms with van der Waals surface area (Å²) < 4.78 is 10.3. The highest BCUT2D eigenvalue weighted by molar-refractivity contribution is 6.40. The first kappa shape index (κ1) is 21.1. The average molecular weight is 421 g/mol. The quantitative estimate of drug-likeness (QED) is 0.517. The molecule has 0 heterocycles. The number of aliphatic carboxylic acids is 1. The molecule has 0 saturated carbocycles. The molecule has 7 nitrogen and oxygen atoms in total. The van der Waals surface area contributed by atoms with Crippen LogP contribution in [0.15, 0.2) is 42.0 Å². The Bertz CT molecular complexity index is 963. The number of carboxylic acid groups (broad SMARTS) is 1. The lowest BCUT2D eigenvalue weighted by molar-refractivity contribution is -0.139. The number of nitrogens with one attached hydrogen (secondary N) is 1. The zero-order chi connectivity index (χ0) is 20.7. The molecule has 0 unspecified atom stereocenters. The molecule has 0 bridgehead atoms. The molecule has 0 atom stereocenters. The van der Waals surface area contributed by atoms with E-state index in [2.05, 4.69) is 5.32 Å². The highest BCUT2D eigenvalue weighted by Crippen LogP contribution is 2.31. The fourth-order valence-corrected chi connectivity index (χ4v) is 2.64. The number of hydrogen-bond acceptors (Lipinski definition) is 5. The minimum atomic E-state index is -1.13. The number of amides is 1. The number of carboxylic acids is 1. The Morgan fingerprint density at radius 3 is 2.46 bits per heavy atom. The summed E-state index contributed by atoms with van der Waals surface area (Å²) in [6, 6.07) is 11.1. The van der Waals surface area contributed by atoms with Gasteiger partial charge in [0, 0.05) is 0 Å². The second kappa shape index (κ2) is 9.65. The first-order valence-corrected chi connectivity index (χ1v) is 8.51. The summed E-state index contributed by atoms with van der Waals surface area (Å²) in [5, 5.41) is 21.0. The fraction of sp³-hybridized carbons (Fsp3) is 0.105. The van der Waals surface area contributed by atoms with E-state index in [1.807, 2.05) is 6.07 Å². The average Bonchev–Trinajstić information content (AvgIpc) is 2.67. The molecular formula is C19H14Cl2N2O5. The molecule has 0 saturated heterocycles. The van der Waals surface area contributed by atoms with Crippen molar-refractivity contribution in [1.82, 2.24) is 0 Å². The minimum absolute atomic E-state index is 0.197. The number of carbonyl (C=O) groups excluding carboxylic acids is 1. The van der Waals surface area contributed by atoms with Gasteiger partial charge in [0.1, 0.15) is 11.6 Å². The molecule has 0 aromatic heterocycles. The Morgan fingerprint density at radius 1 is 1.21 bits per heavy atom. The Balaban J connectivity index is 2.27. The van der Waals surface area contributed by atoms with Crippen LogP contribution >= 0.6 is 23.2 Å². The van der Waals surface area contributed by atoms with E-state index in [-0.39, 0.29) is 32.8 Å². The van der Waals surface area contributed by atoms with E-state index in [9.17, 15) is 14.9 Å². The lowest BCUT2D eigenvalue weighted by atomic mass is 10.1. The Labute approximate surface area is 170 Å². The van der Waals surface area contributed by atoms with Gasteiger partial charge in [0.25, 0.3) is 5.91 Å². The molecule has 2 rings (SSSR count). The van der Waals surface area contributed by atoms with Gasteiger partial charge in [0.2, 0.25) is 0 Å². The van der Waals surface area contributed by atoms with Crippen LogP contribution < -0.4 is 14.8 Å². The number of methoxy groups -OCH3 is 1. The van der Waals surface area contributed by atoms with Gasteiger partial charge in [-0.2, -0.15) is 5.26 Å². The van der Waals surface area contributed by atoms with Gasteiger partial charge >= 0.3 is 5.97 Å². The van der Waals surface area contributed by atoms with Gasteiger partial charge in [-0.1, -0.05) is 35.3 Å². The number of ether oxygens (including phenoxy) is 2. The van der Waals surface area contributed by atoms with Crippen LogP contribution in [0.2, 0.25) is 10.0 Å². The molecule has 2 aromatic carbocycles. The van der Waals surface area contributed by atoms with Crippen LogP contribution in [-0.2, 0) is 9.59 Å². The Morgan fingerprint density at radius 2 is 1.89 bits per heavy atom. The largest absolute Gasteiger partial charge is 0.493 e. The van der Waals surface area contributed by atoms with Crippen LogP contribution in [0.25, 0.3) is 6.08 Å². The van der Waals surface area contributed by atoms with Crippen molar-refractivity contribution in [3.8, 4) is 17.6 Å². The van der Waals surface area contributed by atoms with Gasteiger partial charge in [0.05, 0.1) is 22.8 Å². The maximum Gasteiger partial charge on any atom is 0.341 e. The number of nitrogens with zero attached hydrogens (tertiary/aromatic N) is 1. The Hall–Kier alpha value is -3.21. The van der Waals surface area contributed by atoms with Crippen molar-refractivity contribution >= 4 is 46.8 Å². The van der Waals surface area contributed by atoms with Gasteiger partial charge in [-0.25, -0.2) is 4.79 Å². The van der Waals surface area contributed by atoms with Crippen molar-refractivity contribution in [1.29, 1.82) is 5.26 Å². The first-order chi connectivity index (χ1) is 13.3. The van der Waals surface area contributed by atoms with Crippen LogP contribution in [0, 0.1) is 11.3 Å². The molecule has 0 aliphatic rings. The van der Waals surface area contributed by atoms with Crippen LogP contribution in [0.4, 0.5) is 5.69 Å². The zero-order valence-electron chi connectivity index (χ0n) is 14.5. The third kappa shape index (κ3) is 5.39. The van der Waals surface area contributed by atoms with Gasteiger partial charge in [-0.05, 0) is 35.9 Å². The summed E-state index contributed by atoms with van der Waals surface area (Å²) in [6.07, 6.45) is 1.34. The molecule has 0 spiro atoms. The molecule has 144 valence electrons. The lowest BCUT2D eigenvalue weighted by Gasteiger charge is -2.10. The van der Waals surface area contributed by atoms with Crippen LogP contribution in [0.3, 0.4) is 0 Å². The van der Waals surface area contributed by atoms with Gasteiger partial charge in [-0.3, -0.25) is 4.79 Å². The number of anilines is 1. The Kier molecular flexibility index (Phi) is 7.27. The topological polar surface area (TPSA) is 109 Å². The van der Waals surface area contributed by atoms with Crippen molar-refractivity contribution < 1.29 is 24.2 Å². The minimum Gasteiger partial charge on any atom is -0.493 e. The molecule has 1 amide bonds. The summed E-state index contributed by atoms with van der Waals surface area (Å²) in [6.45, 7) is -0.532. The molecule has 0 aliphatic carbocycles. The summed E-state index contributed by atoms with van der Waals surface area (Å²) in [7, 11) is 1.38. The second-order valence-corrected chi connectivity index (χ2v) is 6.13. The van der Waals surface area contributed by atoms with E-state index in [1.54, 1.807) is 24.3 Å². The third-order valence-corrected chi connectivity index (χ3v) is 4.05. The smallest absolute Gasteiger partial charge is 0.341 e. The number of halogens is 2. The van der Waals surface area contributed by atoms with Crippen molar-refractivity contribution in [2.75, 3.05) is 19.0 Å². The van der Waals surface area contributed by atoms with E-state index in [0.717, 1.165) is 0 Å². The third-order valence-electron chi connectivity index (χ3n) is 3.42.